The average molecular weight is 265 g/mol. The predicted molar refractivity (Wildman–Crippen MR) is 75.7 cm³/mol. The lowest BCUT2D eigenvalue weighted by atomic mass is 10.1. The summed E-state index contributed by atoms with van der Waals surface area (Å²) >= 11 is 0. The van der Waals surface area contributed by atoms with Crippen LogP contribution in [-0.4, -0.2) is 24.2 Å². The van der Waals surface area contributed by atoms with Crippen LogP contribution < -0.4 is 10.1 Å². The lowest BCUT2D eigenvalue weighted by Crippen LogP contribution is -2.32. The Bertz CT molecular complexity index is 418. The highest BCUT2D eigenvalue weighted by molar-refractivity contribution is 5.95. The molecule has 0 aliphatic carbocycles. The van der Waals surface area contributed by atoms with Crippen LogP contribution in [0.15, 0.2) is 18.2 Å². The number of ether oxygens (including phenoxy) is 1. The normalized spacial score (nSPS) is 11.9. The molecule has 1 amide bonds. The Kier molecular flexibility index (Phi) is 6.19. The van der Waals surface area contributed by atoms with Crippen molar-refractivity contribution in [1.29, 1.82) is 0 Å². The number of rotatable bonds is 7. The zero-order valence-electron chi connectivity index (χ0n) is 11.9. The van der Waals surface area contributed by atoms with E-state index in [1.165, 1.54) is 26.0 Å². The molecule has 1 atom stereocenters. The van der Waals surface area contributed by atoms with Crippen LogP contribution in [-0.2, 0) is 0 Å². The standard InChI is InChI=1S/C15H23NO3/c1-4-5-6-7-11(2)16-15(18)12-8-9-14(19-3)13(17)10-12/h8-11,17H,4-7H2,1-3H3,(H,16,18). The number of amides is 1. The third-order valence-electron chi connectivity index (χ3n) is 3.06. The van der Waals surface area contributed by atoms with E-state index in [4.69, 9.17) is 4.74 Å². The van der Waals surface area contributed by atoms with Crippen LogP contribution in [0.5, 0.6) is 11.5 Å². The summed E-state index contributed by atoms with van der Waals surface area (Å²) in [5.41, 5.74) is 0.445. The van der Waals surface area contributed by atoms with Gasteiger partial charge in [-0.3, -0.25) is 4.79 Å². The highest BCUT2D eigenvalue weighted by atomic mass is 16.5. The van der Waals surface area contributed by atoms with E-state index in [-0.39, 0.29) is 17.7 Å². The smallest absolute Gasteiger partial charge is 0.251 e. The molecule has 1 aromatic carbocycles. The highest BCUT2D eigenvalue weighted by Crippen LogP contribution is 2.26. The molecular formula is C15H23NO3. The van der Waals surface area contributed by atoms with Gasteiger partial charge >= 0.3 is 0 Å². The number of unbranched alkanes of at least 4 members (excludes halogenated alkanes) is 2. The van der Waals surface area contributed by atoms with Crippen LogP contribution in [0.3, 0.4) is 0 Å². The van der Waals surface area contributed by atoms with E-state index >= 15 is 0 Å². The molecule has 0 aliphatic heterocycles. The number of hydrogen-bond donors (Lipinski definition) is 2. The molecule has 0 fully saturated rings. The summed E-state index contributed by atoms with van der Waals surface area (Å²) in [6.07, 6.45) is 4.45. The van der Waals surface area contributed by atoms with Crippen molar-refractivity contribution in [3.05, 3.63) is 23.8 Å². The monoisotopic (exact) mass is 265 g/mol. The molecule has 1 aromatic rings. The van der Waals surface area contributed by atoms with Crippen LogP contribution >= 0.6 is 0 Å². The average Bonchev–Trinajstić information content (AvgIpc) is 2.38. The summed E-state index contributed by atoms with van der Waals surface area (Å²) in [4.78, 5) is 12.0. The Morgan fingerprint density at radius 1 is 1.42 bits per heavy atom. The van der Waals surface area contributed by atoms with Crippen molar-refractivity contribution in [1.82, 2.24) is 5.32 Å². The summed E-state index contributed by atoms with van der Waals surface area (Å²) in [6, 6.07) is 4.80. The fourth-order valence-corrected chi connectivity index (χ4v) is 1.91. The summed E-state index contributed by atoms with van der Waals surface area (Å²) < 4.78 is 4.94. The van der Waals surface area contributed by atoms with E-state index in [0.717, 1.165) is 12.8 Å². The minimum absolute atomic E-state index is 0.0196. The third-order valence-corrected chi connectivity index (χ3v) is 3.06. The van der Waals surface area contributed by atoms with Gasteiger partial charge in [0.2, 0.25) is 0 Å². The Labute approximate surface area is 114 Å². The predicted octanol–water partition coefficient (Wildman–Crippen LogP) is 3.10. The lowest BCUT2D eigenvalue weighted by molar-refractivity contribution is 0.0937. The molecule has 0 saturated carbocycles. The van der Waals surface area contributed by atoms with Crippen molar-refractivity contribution >= 4 is 5.91 Å². The van der Waals surface area contributed by atoms with Gasteiger partial charge in [-0.2, -0.15) is 0 Å². The van der Waals surface area contributed by atoms with Crippen LogP contribution in [0.1, 0.15) is 49.9 Å². The number of methoxy groups -OCH3 is 1. The van der Waals surface area contributed by atoms with Crippen molar-refractivity contribution in [2.24, 2.45) is 0 Å². The van der Waals surface area contributed by atoms with Crippen LogP contribution in [0.4, 0.5) is 0 Å². The molecule has 2 N–H and O–H groups in total. The zero-order chi connectivity index (χ0) is 14.3. The quantitative estimate of drug-likeness (QED) is 0.745. The second kappa shape index (κ2) is 7.67. The second-order valence-corrected chi connectivity index (χ2v) is 4.76. The fraction of sp³-hybridized carbons (Fsp3) is 0.533. The SMILES string of the molecule is CCCCCC(C)NC(=O)c1ccc(OC)c(O)c1. The molecule has 106 valence electrons. The maximum atomic E-state index is 12.0. The van der Waals surface area contributed by atoms with Crippen molar-refractivity contribution in [3.8, 4) is 11.5 Å². The molecule has 4 heteroatoms. The Morgan fingerprint density at radius 2 is 2.16 bits per heavy atom. The van der Waals surface area contributed by atoms with Crippen molar-refractivity contribution in [2.45, 2.75) is 45.6 Å². The lowest BCUT2D eigenvalue weighted by Gasteiger charge is -2.14. The first kappa shape index (κ1) is 15.3. The first-order valence-corrected chi connectivity index (χ1v) is 6.76. The molecule has 1 unspecified atom stereocenters. The maximum absolute atomic E-state index is 12.0. The fourth-order valence-electron chi connectivity index (χ4n) is 1.91. The molecule has 0 spiro atoms. The molecule has 1 rings (SSSR count). The number of aromatic hydroxyl groups is 1. The molecule has 0 bridgehead atoms. The number of carbonyl (C=O) groups excluding carboxylic acids is 1. The highest BCUT2D eigenvalue weighted by Gasteiger charge is 2.11. The van der Waals surface area contributed by atoms with Gasteiger partial charge in [0, 0.05) is 11.6 Å². The minimum Gasteiger partial charge on any atom is -0.504 e. The van der Waals surface area contributed by atoms with E-state index in [2.05, 4.69) is 12.2 Å². The van der Waals surface area contributed by atoms with E-state index < -0.39 is 0 Å². The van der Waals surface area contributed by atoms with Gasteiger partial charge in [-0.1, -0.05) is 26.2 Å². The van der Waals surface area contributed by atoms with Gasteiger partial charge < -0.3 is 15.2 Å². The number of carbonyl (C=O) groups is 1. The first-order chi connectivity index (χ1) is 9.08. The Hall–Kier alpha value is -1.71. The van der Waals surface area contributed by atoms with Gasteiger partial charge in [0.05, 0.1) is 7.11 Å². The van der Waals surface area contributed by atoms with E-state index in [9.17, 15) is 9.90 Å². The summed E-state index contributed by atoms with van der Waals surface area (Å²) in [5.74, 6) is 0.184. The number of phenols is 1. The maximum Gasteiger partial charge on any atom is 0.251 e. The summed E-state index contributed by atoms with van der Waals surface area (Å²) in [7, 11) is 1.48. The Morgan fingerprint density at radius 3 is 2.74 bits per heavy atom. The number of hydrogen-bond acceptors (Lipinski definition) is 3. The molecular weight excluding hydrogens is 242 g/mol. The molecule has 0 aromatic heterocycles. The van der Waals surface area contributed by atoms with Gasteiger partial charge in [0.1, 0.15) is 0 Å². The molecule has 0 saturated heterocycles. The van der Waals surface area contributed by atoms with Crippen LogP contribution in [0, 0.1) is 0 Å². The van der Waals surface area contributed by atoms with Crippen molar-refractivity contribution in [2.75, 3.05) is 7.11 Å². The summed E-state index contributed by atoms with van der Waals surface area (Å²) in [6.45, 7) is 4.15. The van der Waals surface area contributed by atoms with Crippen LogP contribution in [0.2, 0.25) is 0 Å². The molecule has 4 nitrogen and oxygen atoms in total. The number of benzene rings is 1. The molecule has 0 aliphatic rings. The zero-order valence-corrected chi connectivity index (χ0v) is 11.9. The van der Waals surface area contributed by atoms with Crippen molar-refractivity contribution < 1.29 is 14.6 Å². The van der Waals surface area contributed by atoms with E-state index in [0.29, 0.717) is 11.3 Å². The first-order valence-electron chi connectivity index (χ1n) is 6.76. The number of phenolic OH excluding ortho intramolecular Hbond substituents is 1. The van der Waals surface area contributed by atoms with Crippen molar-refractivity contribution in [3.63, 3.8) is 0 Å². The molecule has 0 radical (unpaired) electrons. The topological polar surface area (TPSA) is 58.6 Å². The van der Waals surface area contributed by atoms with E-state index in [1.54, 1.807) is 12.1 Å². The van der Waals surface area contributed by atoms with E-state index in [1.807, 2.05) is 6.92 Å². The van der Waals surface area contributed by atoms with Gasteiger partial charge in [0.15, 0.2) is 11.5 Å². The van der Waals surface area contributed by atoms with Gasteiger partial charge in [-0.05, 0) is 31.5 Å². The third kappa shape index (κ3) is 4.81. The van der Waals surface area contributed by atoms with Crippen LogP contribution in [0.25, 0.3) is 0 Å². The van der Waals surface area contributed by atoms with Gasteiger partial charge in [0.25, 0.3) is 5.91 Å². The minimum atomic E-state index is -0.165. The molecule has 19 heavy (non-hydrogen) atoms. The van der Waals surface area contributed by atoms with Gasteiger partial charge in [-0.25, -0.2) is 0 Å². The largest absolute Gasteiger partial charge is 0.504 e. The summed E-state index contributed by atoms with van der Waals surface area (Å²) in [5, 5.41) is 12.6. The van der Waals surface area contributed by atoms with Gasteiger partial charge in [-0.15, -0.1) is 0 Å². The molecule has 0 heterocycles. The number of nitrogens with one attached hydrogen (secondary N) is 1. The second-order valence-electron chi connectivity index (χ2n) is 4.76. The Balaban J connectivity index is 2.55.